The lowest BCUT2D eigenvalue weighted by Gasteiger charge is -2.30. The number of nitrogens with two attached hydrogens (primary N) is 1. The standard InChI is InChI=1S/C35H45N7O3/c1-39-32-27(19-24(21-30(32)45-2)35(44)40-16-9-11-25(36)22-40)38-34(39)29-20-23-14-15-26-28-12-10-18-41(28)31(43)13-7-5-3-4-6-8-17-42(29)33(23)37-26/h14-15,19-21,25,28H,3-13,16-18,22,36H2,1-2H3/t25-,28-/m1/s1. The first-order chi connectivity index (χ1) is 21.9. The molecule has 0 spiro atoms. The Morgan fingerprint density at radius 2 is 1.73 bits per heavy atom. The van der Waals surface area contributed by atoms with Crippen molar-refractivity contribution in [1.29, 1.82) is 0 Å². The summed E-state index contributed by atoms with van der Waals surface area (Å²) in [6.07, 6.45) is 11.0. The Morgan fingerprint density at radius 1 is 0.933 bits per heavy atom. The Hall–Kier alpha value is -3.92. The fraction of sp³-hybridized carbons (Fsp3) is 0.543. The molecule has 2 N–H and O–H groups in total. The summed E-state index contributed by atoms with van der Waals surface area (Å²) >= 11 is 0. The second kappa shape index (κ2) is 12.5. The van der Waals surface area contributed by atoms with Crippen molar-refractivity contribution in [3.63, 3.8) is 0 Å². The molecule has 2 bridgehead atoms. The van der Waals surface area contributed by atoms with Crippen molar-refractivity contribution in [2.24, 2.45) is 12.8 Å². The lowest BCUT2D eigenvalue weighted by molar-refractivity contribution is -0.132. The minimum absolute atomic E-state index is 0.00957. The van der Waals surface area contributed by atoms with Crippen molar-refractivity contribution < 1.29 is 14.3 Å². The first-order valence-corrected chi connectivity index (χ1v) is 16.8. The van der Waals surface area contributed by atoms with Crippen LogP contribution in [0.15, 0.2) is 30.3 Å². The van der Waals surface area contributed by atoms with Crippen molar-refractivity contribution in [1.82, 2.24) is 28.9 Å². The summed E-state index contributed by atoms with van der Waals surface area (Å²) in [5.74, 6) is 1.66. The number of hydrogen-bond acceptors (Lipinski definition) is 6. The number of carbonyl (C=O) groups is 2. The number of pyridine rings is 1. The summed E-state index contributed by atoms with van der Waals surface area (Å²) in [5, 5.41) is 1.06. The molecule has 4 aromatic rings. The van der Waals surface area contributed by atoms with Crippen LogP contribution < -0.4 is 10.5 Å². The van der Waals surface area contributed by atoms with E-state index in [0.717, 1.165) is 117 Å². The summed E-state index contributed by atoms with van der Waals surface area (Å²) in [5.41, 5.74) is 11.2. The molecule has 10 heteroatoms. The highest BCUT2D eigenvalue weighted by molar-refractivity contribution is 6.00. The molecule has 6 heterocycles. The van der Waals surface area contributed by atoms with Crippen molar-refractivity contribution in [2.45, 2.75) is 89.3 Å². The maximum Gasteiger partial charge on any atom is 0.254 e. The van der Waals surface area contributed by atoms with Crippen LogP contribution in [0.3, 0.4) is 0 Å². The van der Waals surface area contributed by atoms with Crippen LogP contribution in [-0.2, 0) is 18.4 Å². The molecule has 0 radical (unpaired) electrons. The van der Waals surface area contributed by atoms with Crippen LogP contribution in [-0.4, -0.2) is 73.5 Å². The Balaban J connectivity index is 1.32. The summed E-state index contributed by atoms with van der Waals surface area (Å²) in [6.45, 7) is 2.92. The topological polar surface area (TPSA) is 112 Å². The minimum Gasteiger partial charge on any atom is -0.494 e. The van der Waals surface area contributed by atoms with E-state index in [1.165, 1.54) is 0 Å². The van der Waals surface area contributed by atoms with Gasteiger partial charge >= 0.3 is 0 Å². The van der Waals surface area contributed by atoms with Gasteiger partial charge in [-0.15, -0.1) is 0 Å². The molecule has 7 rings (SSSR count). The summed E-state index contributed by atoms with van der Waals surface area (Å²) in [6, 6.07) is 10.2. The molecule has 10 nitrogen and oxygen atoms in total. The predicted molar refractivity (Wildman–Crippen MR) is 175 cm³/mol. The van der Waals surface area contributed by atoms with E-state index in [9.17, 15) is 9.59 Å². The molecule has 0 saturated carbocycles. The summed E-state index contributed by atoms with van der Waals surface area (Å²) in [4.78, 5) is 41.0. The van der Waals surface area contributed by atoms with E-state index in [1.807, 2.05) is 24.1 Å². The number of piperidine rings is 1. The number of nitrogens with zero attached hydrogens (tertiary/aromatic N) is 6. The zero-order chi connectivity index (χ0) is 31.1. The summed E-state index contributed by atoms with van der Waals surface area (Å²) < 4.78 is 10.2. The lowest BCUT2D eigenvalue weighted by atomic mass is 10.0. The van der Waals surface area contributed by atoms with Crippen LogP contribution >= 0.6 is 0 Å². The zero-order valence-electron chi connectivity index (χ0n) is 26.6. The quantitative estimate of drug-likeness (QED) is 0.324. The number of amides is 2. The maximum atomic E-state index is 13.5. The molecule has 3 aliphatic heterocycles. The van der Waals surface area contributed by atoms with Crippen LogP contribution in [0.4, 0.5) is 0 Å². The predicted octanol–water partition coefficient (Wildman–Crippen LogP) is 5.57. The molecule has 0 aliphatic carbocycles. The number of aryl methyl sites for hydroxylation is 2. The molecular formula is C35H45N7O3. The normalized spacial score (nSPS) is 21.7. The van der Waals surface area contributed by atoms with Gasteiger partial charge in [0.25, 0.3) is 5.91 Å². The molecule has 45 heavy (non-hydrogen) atoms. The Labute approximate surface area is 264 Å². The fourth-order valence-corrected chi connectivity index (χ4v) is 7.70. The average Bonchev–Trinajstić information content (AvgIpc) is 3.76. The van der Waals surface area contributed by atoms with Crippen LogP contribution in [0, 0.1) is 0 Å². The molecule has 2 fully saturated rings. The van der Waals surface area contributed by atoms with E-state index < -0.39 is 0 Å². The third-order valence-electron chi connectivity index (χ3n) is 10.1. The number of ether oxygens (including phenoxy) is 1. The molecule has 2 amide bonds. The minimum atomic E-state index is -0.0354. The van der Waals surface area contributed by atoms with Crippen LogP contribution in [0.2, 0.25) is 0 Å². The third kappa shape index (κ3) is 5.58. The third-order valence-corrected chi connectivity index (χ3v) is 10.1. The number of fused-ring (bicyclic) bond motifs is 4. The molecular weight excluding hydrogens is 566 g/mol. The number of rotatable bonds is 3. The van der Waals surface area contributed by atoms with Crippen LogP contribution in [0.25, 0.3) is 33.6 Å². The molecule has 3 aromatic heterocycles. The smallest absolute Gasteiger partial charge is 0.254 e. The molecule has 3 aliphatic rings. The summed E-state index contributed by atoms with van der Waals surface area (Å²) in [7, 11) is 3.65. The van der Waals surface area contributed by atoms with Gasteiger partial charge in [-0.2, -0.15) is 0 Å². The van der Waals surface area contributed by atoms with E-state index >= 15 is 0 Å². The van der Waals surface area contributed by atoms with Gasteiger partial charge in [-0.05, 0) is 68.9 Å². The van der Waals surface area contributed by atoms with Crippen LogP contribution in [0.1, 0.15) is 92.7 Å². The van der Waals surface area contributed by atoms with E-state index in [1.54, 1.807) is 7.11 Å². The second-order valence-corrected chi connectivity index (χ2v) is 13.1. The second-order valence-electron chi connectivity index (χ2n) is 13.1. The highest BCUT2D eigenvalue weighted by Gasteiger charge is 2.31. The first-order valence-electron chi connectivity index (χ1n) is 16.8. The molecule has 2 saturated heterocycles. The highest BCUT2D eigenvalue weighted by atomic mass is 16.5. The lowest BCUT2D eigenvalue weighted by Crippen LogP contribution is -2.45. The molecule has 1 aromatic carbocycles. The van der Waals surface area contributed by atoms with Gasteiger partial charge in [-0.3, -0.25) is 9.59 Å². The van der Waals surface area contributed by atoms with E-state index in [-0.39, 0.29) is 23.9 Å². The van der Waals surface area contributed by atoms with Gasteiger partial charge < -0.3 is 29.4 Å². The highest BCUT2D eigenvalue weighted by Crippen LogP contribution is 2.37. The van der Waals surface area contributed by atoms with Gasteiger partial charge in [0.15, 0.2) is 5.82 Å². The zero-order valence-corrected chi connectivity index (χ0v) is 26.6. The van der Waals surface area contributed by atoms with Gasteiger partial charge in [-0.25, -0.2) is 9.97 Å². The van der Waals surface area contributed by atoms with Gasteiger partial charge in [0, 0.05) is 56.6 Å². The van der Waals surface area contributed by atoms with Gasteiger partial charge in [0.2, 0.25) is 5.91 Å². The molecule has 0 unspecified atom stereocenters. The maximum absolute atomic E-state index is 13.5. The number of imidazole rings is 1. The number of carbonyl (C=O) groups excluding carboxylic acids is 2. The average molecular weight is 612 g/mol. The Morgan fingerprint density at radius 3 is 2.56 bits per heavy atom. The van der Waals surface area contributed by atoms with Gasteiger partial charge in [0.1, 0.15) is 16.9 Å². The SMILES string of the molecule is COc1cc(C(=O)N2CCC[C@@H](N)C2)cc2nc(-c3cc4ccc5nc4n3CCCCCCCCC(=O)N3CCC[C@H]53)n(C)c12. The molecule has 238 valence electrons. The first kappa shape index (κ1) is 29.8. The van der Waals surface area contributed by atoms with E-state index in [2.05, 4.69) is 32.2 Å². The number of methoxy groups -OCH3 is 1. The fourth-order valence-electron chi connectivity index (χ4n) is 7.70. The van der Waals surface area contributed by atoms with Gasteiger partial charge in [-0.1, -0.05) is 25.7 Å². The Kier molecular flexibility index (Phi) is 8.25. The van der Waals surface area contributed by atoms with Crippen molar-refractivity contribution in [3.8, 4) is 17.3 Å². The van der Waals surface area contributed by atoms with E-state index in [4.69, 9.17) is 20.4 Å². The Bertz CT molecular complexity index is 1740. The largest absolute Gasteiger partial charge is 0.494 e. The van der Waals surface area contributed by atoms with Crippen LogP contribution in [0.5, 0.6) is 5.75 Å². The molecule has 2 atom stereocenters. The number of benzene rings is 1. The number of aromatic nitrogens is 4. The van der Waals surface area contributed by atoms with Crippen molar-refractivity contribution in [2.75, 3.05) is 26.7 Å². The van der Waals surface area contributed by atoms with E-state index in [0.29, 0.717) is 30.8 Å². The monoisotopic (exact) mass is 611 g/mol. The van der Waals surface area contributed by atoms with Crippen molar-refractivity contribution >= 4 is 33.9 Å². The number of hydrogen-bond donors (Lipinski definition) is 1. The van der Waals surface area contributed by atoms with Gasteiger partial charge in [0.05, 0.1) is 30.1 Å². The number of likely N-dealkylation sites (tertiary alicyclic amines) is 1. The van der Waals surface area contributed by atoms with Crippen molar-refractivity contribution in [3.05, 3.63) is 41.6 Å².